The van der Waals surface area contributed by atoms with Gasteiger partial charge in [-0.25, -0.2) is 0 Å². The van der Waals surface area contributed by atoms with Crippen molar-refractivity contribution in [2.75, 3.05) is 0 Å². The summed E-state index contributed by atoms with van der Waals surface area (Å²) in [5.41, 5.74) is 11.8. The summed E-state index contributed by atoms with van der Waals surface area (Å²) in [6.07, 6.45) is 17.5. The van der Waals surface area contributed by atoms with Gasteiger partial charge in [0.1, 0.15) is 0 Å². The molecule has 32 heavy (non-hydrogen) atoms. The van der Waals surface area contributed by atoms with E-state index < -0.39 is 0 Å². The number of nitrogens with one attached hydrogen (secondary N) is 1. The van der Waals surface area contributed by atoms with Crippen LogP contribution in [-0.2, 0) is 21.7 Å². The maximum atomic E-state index is 6.94. The molecule has 3 heteroatoms. The number of benzene rings is 2. The van der Waals surface area contributed by atoms with Gasteiger partial charge in [0.15, 0.2) is 0 Å². The zero-order valence-corrected chi connectivity index (χ0v) is 23.1. The Balaban J connectivity index is 0.000000578. The molecule has 0 saturated carbocycles. The third-order valence-electron chi connectivity index (χ3n) is 3.85. The average Bonchev–Trinajstić information content (AvgIpc) is 3.33. The van der Waals surface area contributed by atoms with Crippen LogP contribution in [0.1, 0.15) is 44.4 Å². The molecule has 1 radical (unpaired) electrons. The van der Waals surface area contributed by atoms with Crippen LogP contribution in [0, 0.1) is 0 Å². The van der Waals surface area contributed by atoms with E-state index in [1.165, 1.54) is 32.7 Å². The van der Waals surface area contributed by atoms with Gasteiger partial charge in [0.05, 0.1) is 0 Å². The fourth-order valence-corrected chi connectivity index (χ4v) is 2.74. The van der Waals surface area contributed by atoms with E-state index in [4.69, 9.17) is 5.73 Å². The summed E-state index contributed by atoms with van der Waals surface area (Å²) in [5.74, 6) is 0. The molecule has 165 valence electrons. The van der Waals surface area contributed by atoms with Gasteiger partial charge in [-0.1, -0.05) is 124 Å². The van der Waals surface area contributed by atoms with Crippen LogP contribution in [0.4, 0.5) is 0 Å². The van der Waals surface area contributed by atoms with Crippen molar-refractivity contribution < 1.29 is 21.7 Å². The second-order valence-electron chi connectivity index (χ2n) is 8.21. The molecule has 0 aromatic heterocycles. The minimum atomic E-state index is -0.250. The first-order valence-electron chi connectivity index (χ1n) is 10.7. The SMILES string of the molecule is C=C/C=C/C.CC(C)(C)[NH-].C[SiH]C.[C-]1=c2cc3c(cc2C(c2ccccc2)=C1)=CC=C3.[Ti+2]. The topological polar surface area (TPSA) is 23.8 Å². The first kappa shape index (κ1) is 30.0. The summed E-state index contributed by atoms with van der Waals surface area (Å²) in [6, 6.07) is 15.0. The first-order valence-corrected chi connectivity index (χ1v) is 13.0. The molecule has 0 amide bonds. The Labute approximate surface area is 212 Å². The predicted molar refractivity (Wildman–Crippen MR) is 144 cm³/mol. The Kier molecular flexibility index (Phi) is 14.8. The molecule has 2 aromatic rings. The zero-order chi connectivity index (χ0) is 23.3. The Hall–Kier alpha value is -1.97. The maximum absolute atomic E-state index is 6.94. The van der Waals surface area contributed by atoms with Crippen molar-refractivity contribution >= 4 is 33.3 Å². The number of fused-ring (bicyclic) bond motifs is 2. The van der Waals surface area contributed by atoms with Crippen molar-refractivity contribution in [1.82, 2.24) is 0 Å². The minimum Gasteiger partial charge on any atom is -0.673 e. The van der Waals surface area contributed by atoms with Crippen molar-refractivity contribution in [1.29, 1.82) is 0 Å². The van der Waals surface area contributed by atoms with Crippen molar-refractivity contribution in [3.63, 3.8) is 0 Å². The molecular formula is C29H36NSiTi. The number of rotatable bonds is 2. The van der Waals surface area contributed by atoms with Crippen LogP contribution in [0.5, 0.6) is 0 Å². The molecule has 1 nitrogen and oxygen atoms in total. The van der Waals surface area contributed by atoms with Gasteiger partial charge in [-0.05, 0) is 12.1 Å². The molecule has 4 rings (SSSR count). The van der Waals surface area contributed by atoms with Gasteiger partial charge in [-0.3, -0.25) is 0 Å². The standard InChI is InChI=1S/C18H11.C5H8.C4H10N.C2H7Si.Ti/c1-2-5-13(6-3-1)17-10-9-16-11-14-7-4-8-15(14)12-18(16)17;1-3-5-4-2;1-4(2,3)5;1-3-2;/h1-8,10-12H;3-5H,1H2,2H3;5H,1-3H3;3H,1-2H3;/q-1;;-1;;+2/b;5-4+;;;. The van der Waals surface area contributed by atoms with Gasteiger partial charge < -0.3 is 5.73 Å². The van der Waals surface area contributed by atoms with E-state index in [1.807, 2.05) is 45.9 Å². The normalized spacial score (nSPS) is 12.0. The van der Waals surface area contributed by atoms with Crippen LogP contribution >= 0.6 is 0 Å². The quantitative estimate of drug-likeness (QED) is 0.263. The molecule has 0 fully saturated rings. The second-order valence-corrected chi connectivity index (χ2v) is 9.36. The molecule has 2 aliphatic rings. The Morgan fingerprint density at radius 3 is 2.16 bits per heavy atom. The van der Waals surface area contributed by atoms with Crippen LogP contribution in [0.25, 0.3) is 29.5 Å². The smallest absolute Gasteiger partial charge is 0.673 e. The summed E-state index contributed by atoms with van der Waals surface area (Å²) < 4.78 is 0. The van der Waals surface area contributed by atoms with E-state index in [2.05, 4.69) is 86.5 Å². The first-order chi connectivity index (χ1) is 14.7. The summed E-state index contributed by atoms with van der Waals surface area (Å²) in [7, 11) is 0.750. The molecule has 2 aromatic carbocycles. The van der Waals surface area contributed by atoms with E-state index in [1.54, 1.807) is 6.08 Å². The Morgan fingerprint density at radius 2 is 1.66 bits per heavy atom. The van der Waals surface area contributed by atoms with Crippen LogP contribution in [-0.4, -0.2) is 15.1 Å². The average molecular weight is 475 g/mol. The molecule has 0 unspecified atom stereocenters. The second kappa shape index (κ2) is 15.8. The van der Waals surface area contributed by atoms with E-state index in [-0.39, 0.29) is 27.3 Å². The molecular weight excluding hydrogens is 438 g/mol. The molecule has 0 saturated heterocycles. The van der Waals surface area contributed by atoms with Crippen LogP contribution < -0.4 is 10.4 Å². The van der Waals surface area contributed by atoms with E-state index >= 15 is 0 Å². The third-order valence-corrected chi connectivity index (χ3v) is 3.85. The van der Waals surface area contributed by atoms with Crippen LogP contribution in [0.3, 0.4) is 0 Å². The maximum Gasteiger partial charge on any atom is 2.00 e. The largest absolute Gasteiger partial charge is 2.00 e. The molecule has 2 aliphatic carbocycles. The fourth-order valence-electron chi connectivity index (χ4n) is 2.74. The van der Waals surface area contributed by atoms with E-state index in [0.29, 0.717) is 0 Å². The Bertz CT molecular complexity index is 1030. The number of hydrogen-bond donors (Lipinski definition) is 0. The van der Waals surface area contributed by atoms with Crippen molar-refractivity contribution in [2.45, 2.75) is 46.3 Å². The summed E-state index contributed by atoms with van der Waals surface area (Å²) in [6.45, 7) is 15.4. The van der Waals surface area contributed by atoms with Gasteiger partial charge in [0.25, 0.3) is 0 Å². The fraction of sp³-hybridized carbons (Fsp3) is 0.241. The van der Waals surface area contributed by atoms with Crippen molar-refractivity contribution in [2.24, 2.45) is 0 Å². The van der Waals surface area contributed by atoms with E-state index in [0.717, 1.165) is 9.52 Å². The number of allylic oxidation sites excluding steroid dienone is 5. The molecule has 0 spiro atoms. The van der Waals surface area contributed by atoms with Gasteiger partial charge in [-0.15, -0.1) is 34.9 Å². The molecule has 0 bridgehead atoms. The predicted octanol–water partition coefficient (Wildman–Crippen LogP) is 6.70. The zero-order valence-electron chi connectivity index (χ0n) is 20.4. The minimum absolute atomic E-state index is 0. The summed E-state index contributed by atoms with van der Waals surface area (Å²) in [4.78, 5) is 0. The monoisotopic (exact) mass is 474 g/mol. The van der Waals surface area contributed by atoms with Gasteiger partial charge >= 0.3 is 21.7 Å². The Morgan fingerprint density at radius 1 is 1.06 bits per heavy atom. The summed E-state index contributed by atoms with van der Waals surface area (Å²) in [5, 5.41) is 2.51. The summed E-state index contributed by atoms with van der Waals surface area (Å²) >= 11 is 0. The van der Waals surface area contributed by atoms with E-state index in [9.17, 15) is 0 Å². The van der Waals surface area contributed by atoms with Crippen molar-refractivity contribution in [3.05, 3.63) is 112 Å². The van der Waals surface area contributed by atoms with Crippen LogP contribution in [0.15, 0.2) is 79.4 Å². The van der Waals surface area contributed by atoms with Gasteiger partial charge in [-0.2, -0.15) is 5.22 Å². The van der Waals surface area contributed by atoms with Crippen molar-refractivity contribution in [3.8, 4) is 0 Å². The molecule has 0 aliphatic heterocycles. The van der Waals surface area contributed by atoms with Crippen LogP contribution in [0.2, 0.25) is 13.1 Å². The number of hydrogen-bond acceptors (Lipinski definition) is 0. The molecule has 1 N–H and O–H groups in total. The van der Waals surface area contributed by atoms with Gasteiger partial charge in [0.2, 0.25) is 0 Å². The third kappa shape index (κ3) is 11.1. The molecule has 0 atom stereocenters. The molecule has 0 heterocycles. The van der Waals surface area contributed by atoms with Gasteiger partial charge in [0, 0.05) is 9.52 Å².